The van der Waals surface area contributed by atoms with Crippen molar-refractivity contribution in [2.75, 3.05) is 4.90 Å². The van der Waals surface area contributed by atoms with Crippen molar-refractivity contribution < 1.29 is 4.42 Å². The molecule has 0 saturated heterocycles. The normalized spacial score (nSPS) is 11.7. The first-order valence-electron chi connectivity index (χ1n) is 20.1. The highest BCUT2D eigenvalue weighted by atomic mass is 32.1. The van der Waals surface area contributed by atoms with Crippen LogP contribution < -0.4 is 4.90 Å². The molecule has 0 bridgehead atoms. The molecule has 0 aliphatic heterocycles. The van der Waals surface area contributed by atoms with Crippen molar-refractivity contribution >= 4 is 92.1 Å². The van der Waals surface area contributed by atoms with Crippen molar-refractivity contribution in [2.45, 2.75) is 0 Å². The molecule has 0 saturated carbocycles. The van der Waals surface area contributed by atoms with Crippen molar-refractivity contribution in [1.29, 1.82) is 0 Å². The van der Waals surface area contributed by atoms with Crippen molar-refractivity contribution in [3.05, 3.63) is 212 Å². The molecule has 59 heavy (non-hydrogen) atoms. The number of benzene rings is 10. The fourth-order valence-corrected chi connectivity index (χ4v) is 10.2. The van der Waals surface area contributed by atoms with Gasteiger partial charge in [0.1, 0.15) is 11.2 Å². The summed E-state index contributed by atoms with van der Waals surface area (Å²) in [5.74, 6) is 0. The van der Waals surface area contributed by atoms with Crippen LogP contribution in [-0.2, 0) is 0 Å². The molecule has 0 aliphatic rings. The maximum Gasteiger partial charge on any atom is 0.143 e. The van der Waals surface area contributed by atoms with Crippen LogP contribution in [0.1, 0.15) is 0 Å². The summed E-state index contributed by atoms with van der Waals surface area (Å²) in [5, 5.41) is 9.55. The number of thiophene rings is 1. The van der Waals surface area contributed by atoms with Gasteiger partial charge in [0.15, 0.2) is 0 Å². The van der Waals surface area contributed by atoms with E-state index < -0.39 is 0 Å². The van der Waals surface area contributed by atoms with Gasteiger partial charge in [0.2, 0.25) is 0 Å². The maximum atomic E-state index is 6.76. The zero-order chi connectivity index (χ0) is 38.9. The van der Waals surface area contributed by atoms with E-state index in [1.165, 1.54) is 64.1 Å². The maximum absolute atomic E-state index is 6.76. The Morgan fingerprint density at radius 3 is 1.88 bits per heavy atom. The lowest BCUT2D eigenvalue weighted by molar-refractivity contribution is 0.672. The van der Waals surface area contributed by atoms with E-state index in [9.17, 15) is 0 Å². The molecule has 0 radical (unpaired) electrons. The number of hydrogen-bond donors (Lipinski definition) is 0. The molecule has 2 heterocycles. The topological polar surface area (TPSA) is 16.4 Å². The minimum Gasteiger partial charge on any atom is -0.455 e. The third-order valence-corrected chi connectivity index (χ3v) is 13.0. The molecule has 12 rings (SSSR count). The first-order chi connectivity index (χ1) is 29.2. The standard InChI is InChI=1S/C56H35NOS/c1-2-14-39-35-42(27-26-36(39)12-1)41-16-9-15-40(34-41)37-28-31-43(32-29-37)57(50-22-11-23-51-55(50)48-33-30-38-13-3-4-17-44(38)56(48)58-51)49-21-7-5-18-45(49)46-20-10-25-53-54(46)47-19-6-8-24-52(47)59-53/h1-35H. The fourth-order valence-electron chi connectivity index (χ4n) is 9.07. The molecule has 0 atom stereocenters. The molecule has 12 aromatic rings. The van der Waals surface area contributed by atoms with E-state index >= 15 is 0 Å². The summed E-state index contributed by atoms with van der Waals surface area (Å²) in [7, 11) is 0. The Morgan fingerprint density at radius 1 is 0.356 bits per heavy atom. The summed E-state index contributed by atoms with van der Waals surface area (Å²) >= 11 is 1.86. The predicted molar refractivity (Wildman–Crippen MR) is 253 cm³/mol. The summed E-state index contributed by atoms with van der Waals surface area (Å²) < 4.78 is 9.35. The highest BCUT2D eigenvalue weighted by Crippen LogP contribution is 2.49. The van der Waals surface area contributed by atoms with Gasteiger partial charge in [0.25, 0.3) is 0 Å². The average Bonchev–Trinajstić information content (AvgIpc) is 3.89. The van der Waals surface area contributed by atoms with Crippen molar-refractivity contribution in [2.24, 2.45) is 0 Å². The van der Waals surface area contributed by atoms with Crippen LogP contribution in [0.25, 0.3) is 97.0 Å². The van der Waals surface area contributed by atoms with Gasteiger partial charge < -0.3 is 9.32 Å². The number of rotatable bonds is 6. The van der Waals surface area contributed by atoms with Crippen LogP contribution in [0.5, 0.6) is 0 Å². The Morgan fingerprint density at radius 2 is 0.983 bits per heavy atom. The first-order valence-corrected chi connectivity index (χ1v) is 20.9. The summed E-state index contributed by atoms with van der Waals surface area (Å²) in [4.78, 5) is 2.44. The van der Waals surface area contributed by atoms with Gasteiger partial charge in [0, 0.05) is 42.2 Å². The third-order valence-electron chi connectivity index (χ3n) is 11.8. The van der Waals surface area contributed by atoms with Crippen LogP contribution in [0, 0.1) is 0 Å². The van der Waals surface area contributed by atoms with Gasteiger partial charge in [-0.1, -0.05) is 152 Å². The van der Waals surface area contributed by atoms with E-state index in [4.69, 9.17) is 4.42 Å². The average molecular weight is 770 g/mol. The van der Waals surface area contributed by atoms with E-state index in [0.717, 1.165) is 50.0 Å². The Hall–Kier alpha value is -7.46. The number of hydrogen-bond acceptors (Lipinski definition) is 3. The second-order valence-corrected chi connectivity index (χ2v) is 16.3. The number of para-hydroxylation sites is 1. The van der Waals surface area contributed by atoms with E-state index in [1.807, 2.05) is 11.3 Å². The lowest BCUT2D eigenvalue weighted by Gasteiger charge is -2.29. The number of fused-ring (bicyclic) bond motifs is 9. The van der Waals surface area contributed by atoms with Crippen LogP contribution in [0.15, 0.2) is 217 Å². The van der Waals surface area contributed by atoms with Gasteiger partial charge >= 0.3 is 0 Å². The van der Waals surface area contributed by atoms with Crippen LogP contribution in [0.4, 0.5) is 17.1 Å². The van der Waals surface area contributed by atoms with Gasteiger partial charge in [-0.15, -0.1) is 11.3 Å². The van der Waals surface area contributed by atoms with E-state index in [0.29, 0.717) is 0 Å². The molecule has 0 fully saturated rings. The van der Waals surface area contributed by atoms with Gasteiger partial charge in [-0.05, 0) is 105 Å². The minimum absolute atomic E-state index is 0.865. The quantitative estimate of drug-likeness (QED) is 0.167. The largest absolute Gasteiger partial charge is 0.455 e. The molecule has 276 valence electrons. The first kappa shape index (κ1) is 33.7. The molecule has 3 heteroatoms. The molecule has 2 aromatic heterocycles. The fraction of sp³-hybridized carbons (Fsp3) is 0. The summed E-state index contributed by atoms with van der Waals surface area (Å²) in [5.41, 5.74) is 12.2. The van der Waals surface area contributed by atoms with Gasteiger partial charge in [-0.3, -0.25) is 0 Å². The highest BCUT2D eigenvalue weighted by Gasteiger charge is 2.24. The van der Waals surface area contributed by atoms with Gasteiger partial charge in [-0.2, -0.15) is 0 Å². The molecule has 0 spiro atoms. The van der Waals surface area contributed by atoms with Crippen LogP contribution in [0.2, 0.25) is 0 Å². The number of anilines is 3. The van der Waals surface area contributed by atoms with E-state index in [-0.39, 0.29) is 0 Å². The third kappa shape index (κ3) is 5.55. The van der Waals surface area contributed by atoms with Crippen LogP contribution in [-0.4, -0.2) is 0 Å². The molecule has 2 nitrogen and oxygen atoms in total. The Bertz CT molecular complexity index is 3570. The molecule has 0 unspecified atom stereocenters. The second kappa shape index (κ2) is 13.6. The van der Waals surface area contributed by atoms with Gasteiger partial charge in [-0.25, -0.2) is 0 Å². The number of nitrogens with zero attached hydrogens (tertiary/aromatic N) is 1. The van der Waals surface area contributed by atoms with Crippen LogP contribution >= 0.6 is 11.3 Å². The van der Waals surface area contributed by atoms with Crippen molar-refractivity contribution in [3.8, 4) is 33.4 Å². The number of furan rings is 1. The Labute approximate surface area is 345 Å². The second-order valence-electron chi connectivity index (χ2n) is 15.2. The zero-order valence-corrected chi connectivity index (χ0v) is 32.8. The zero-order valence-electron chi connectivity index (χ0n) is 32.0. The van der Waals surface area contributed by atoms with E-state index in [1.54, 1.807) is 0 Å². The minimum atomic E-state index is 0.865. The Kier molecular flexibility index (Phi) is 7.75. The van der Waals surface area contributed by atoms with Crippen molar-refractivity contribution in [1.82, 2.24) is 0 Å². The molecule has 10 aromatic carbocycles. The van der Waals surface area contributed by atoms with Gasteiger partial charge in [0.05, 0.1) is 16.8 Å². The highest BCUT2D eigenvalue weighted by molar-refractivity contribution is 7.25. The summed E-state index contributed by atoms with van der Waals surface area (Å²) in [6, 6.07) is 77.0. The van der Waals surface area contributed by atoms with Crippen LogP contribution in [0.3, 0.4) is 0 Å². The lowest BCUT2D eigenvalue weighted by Crippen LogP contribution is -2.11. The SMILES string of the molecule is c1cc(-c2ccc(N(c3ccccc3-c3cccc4sc5ccccc5c34)c3cccc4oc5c6ccccc6ccc5c34)cc2)cc(-c2ccc3ccccc3c2)c1. The predicted octanol–water partition coefficient (Wildman–Crippen LogP) is 16.7. The monoisotopic (exact) mass is 769 g/mol. The summed E-state index contributed by atoms with van der Waals surface area (Å²) in [6.07, 6.45) is 0. The van der Waals surface area contributed by atoms with E-state index in [2.05, 4.69) is 217 Å². The van der Waals surface area contributed by atoms with Crippen molar-refractivity contribution in [3.63, 3.8) is 0 Å². The molecule has 0 amide bonds. The Balaban J connectivity index is 1.05. The lowest BCUT2D eigenvalue weighted by atomic mass is 9.96. The molecule has 0 aliphatic carbocycles. The molecular formula is C56H35NOS. The molecule has 0 N–H and O–H groups in total. The summed E-state index contributed by atoms with van der Waals surface area (Å²) in [6.45, 7) is 0. The smallest absolute Gasteiger partial charge is 0.143 e. The molecular weight excluding hydrogens is 735 g/mol.